The third kappa shape index (κ3) is 5.55. The molecule has 0 atom stereocenters. The zero-order chi connectivity index (χ0) is 22.2. The standard InChI is InChI=1S/C22H20Cl2N4.CH4N2/c1-25-10-11-26-22-16-4-2-3-5-20(16)28-21-13-15(6-8-17(21)22)27-14-7-9-18(23)19(24)12-14;2-1-3/h2-9,12-13,25,27H,10-11H2,1H3,(H,26,28);1H,(H3,2,3). The number of benzene rings is 3. The number of likely N-dealkylation sites (N-methyl/N-ethyl adjacent to an activating group) is 1. The second kappa shape index (κ2) is 10.8. The van der Waals surface area contributed by atoms with E-state index in [9.17, 15) is 0 Å². The minimum absolute atomic E-state index is 0.521. The maximum atomic E-state index is 6.12. The van der Waals surface area contributed by atoms with E-state index in [1.54, 1.807) is 6.07 Å². The van der Waals surface area contributed by atoms with Gasteiger partial charge in [-0.15, -0.1) is 0 Å². The lowest BCUT2D eigenvalue weighted by molar-refractivity contribution is 0.825. The quantitative estimate of drug-likeness (QED) is 0.112. The van der Waals surface area contributed by atoms with Crippen molar-refractivity contribution in [3.63, 3.8) is 0 Å². The second-order valence-corrected chi connectivity index (χ2v) is 7.50. The first kappa shape index (κ1) is 22.6. The van der Waals surface area contributed by atoms with Gasteiger partial charge in [-0.2, -0.15) is 0 Å². The Bertz CT molecular complexity index is 1200. The molecule has 3 aromatic carbocycles. The SMILES string of the molecule is CNCCNc1c2ccccc2nc2cc(Nc3ccc(Cl)c(Cl)c3)ccc12.N=CN. The summed E-state index contributed by atoms with van der Waals surface area (Å²) in [4.78, 5) is 4.86. The van der Waals surface area contributed by atoms with Crippen molar-refractivity contribution in [2.24, 2.45) is 5.73 Å². The van der Waals surface area contributed by atoms with E-state index in [4.69, 9.17) is 33.6 Å². The molecule has 160 valence electrons. The molecule has 0 amide bonds. The number of nitrogens with zero attached hydrogens (tertiary/aromatic N) is 1. The predicted molar refractivity (Wildman–Crippen MR) is 134 cm³/mol. The van der Waals surface area contributed by atoms with Crippen LogP contribution in [0.3, 0.4) is 0 Å². The molecule has 0 radical (unpaired) electrons. The van der Waals surface area contributed by atoms with E-state index in [1.807, 2.05) is 49.5 Å². The number of hydrogen-bond acceptors (Lipinski definition) is 5. The van der Waals surface area contributed by atoms with E-state index in [0.717, 1.165) is 58.3 Å². The highest BCUT2D eigenvalue weighted by molar-refractivity contribution is 6.42. The Morgan fingerprint density at radius 2 is 1.58 bits per heavy atom. The van der Waals surface area contributed by atoms with Crippen molar-refractivity contribution in [2.75, 3.05) is 30.8 Å². The van der Waals surface area contributed by atoms with Crippen molar-refractivity contribution < 1.29 is 0 Å². The van der Waals surface area contributed by atoms with Gasteiger partial charge in [0.25, 0.3) is 0 Å². The summed E-state index contributed by atoms with van der Waals surface area (Å²) in [6, 6.07) is 19.9. The molecule has 1 aromatic heterocycles. The van der Waals surface area contributed by atoms with Gasteiger partial charge in [-0.05, 0) is 49.5 Å². The molecule has 0 saturated carbocycles. The number of nitrogens with one attached hydrogen (secondary N) is 4. The van der Waals surface area contributed by atoms with E-state index in [1.165, 1.54) is 0 Å². The number of pyridine rings is 1. The van der Waals surface area contributed by atoms with Crippen LogP contribution >= 0.6 is 23.2 Å². The van der Waals surface area contributed by atoms with E-state index in [-0.39, 0.29) is 0 Å². The zero-order valence-corrected chi connectivity index (χ0v) is 18.6. The molecule has 4 aromatic rings. The molecular weight excluding hydrogens is 431 g/mol. The van der Waals surface area contributed by atoms with Crippen LogP contribution in [0.15, 0.2) is 60.7 Å². The molecule has 0 saturated heterocycles. The molecular formula is C23H24Cl2N6. The summed E-state index contributed by atoms with van der Waals surface area (Å²) in [5, 5.41) is 19.2. The third-order valence-corrected chi connectivity index (χ3v) is 5.31. The lowest BCUT2D eigenvalue weighted by atomic mass is 10.1. The molecule has 31 heavy (non-hydrogen) atoms. The average Bonchev–Trinajstić information content (AvgIpc) is 2.76. The zero-order valence-electron chi connectivity index (χ0n) is 17.0. The van der Waals surface area contributed by atoms with Crippen LogP contribution in [-0.2, 0) is 0 Å². The number of anilines is 3. The van der Waals surface area contributed by atoms with Crippen molar-refractivity contribution in [1.29, 1.82) is 5.41 Å². The van der Waals surface area contributed by atoms with E-state index < -0.39 is 0 Å². The second-order valence-electron chi connectivity index (χ2n) is 6.69. The molecule has 0 bridgehead atoms. The van der Waals surface area contributed by atoms with Crippen LogP contribution in [0.4, 0.5) is 17.1 Å². The van der Waals surface area contributed by atoms with Crippen molar-refractivity contribution in [2.45, 2.75) is 0 Å². The fourth-order valence-corrected chi connectivity index (χ4v) is 3.51. The van der Waals surface area contributed by atoms with Gasteiger partial charge in [-0.1, -0.05) is 41.4 Å². The summed E-state index contributed by atoms with van der Waals surface area (Å²) >= 11 is 12.1. The monoisotopic (exact) mass is 454 g/mol. The maximum absolute atomic E-state index is 6.12. The first-order chi connectivity index (χ1) is 15.1. The fourth-order valence-electron chi connectivity index (χ4n) is 3.21. The summed E-state index contributed by atoms with van der Waals surface area (Å²) in [5.74, 6) is 0. The van der Waals surface area contributed by atoms with Crippen LogP contribution in [0.5, 0.6) is 0 Å². The number of rotatable bonds is 6. The summed E-state index contributed by atoms with van der Waals surface area (Å²) in [7, 11) is 1.95. The Labute approximate surface area is 191 Å². The molecule has 8 heteroatoms. The highest BCUT2D eigenvalue weighted by atomic mass is 35.5. The molecule has 0 unspecified atom stereocenters. The Morgan fingerprint density at radius 1 is 0.903 bits per heavy atom. The largest absolute Gasteiger partial charge is 0.390 e. The molecule has 1 heterocycles. The summed E-state index contributed by atoms with van der Waals surface area (Å²) < 4.78 is 0. The molecule has 4 rings (SSSR count). The van der Waals surface area contributed by atoms with Crippen molar-refractivity contribution in [3.8, 4) is 0 Å². The highest BCUT2D eigenvalue weighted by Gasteiger charge is 2.10. The smallest absolute Gasteiger partial charge is 0.0765 e. The van der Waals surface area contributed by atoms with Gasteiger partial charge in [0.2, 0.25) is 0 Å². The van der Waals surface area contributed by atoms with Crippen molar-refractivity contribution >= 4 is 68.4 Å². The van der Waals surface area contributed by atoms with E-state index in [0.29, 0.717) is 10.0 Å². The minimum atomic E-state index is 0.521. The van der Waals surface area contributed by atoms with Gasteiger partial charge in [0, 0.05) is 35.2 Å². The van der Waals surface area contributed by atoms with Crippen molar-refractivity contribution in [1.82, 2.24) is 10.3 Å². The number of aromatic nitrogens is 1. The number of nitrogens with two attached hydrogens (primary N) is 1. The molecule has 0 aliphatic rings. The molecule has 0 fully saturated rings. The maximum Gasteiger partial charge on any atom is 0.0765 e. The van der Waals surface area contributed by atoms with Gasteiger partial charge in [0.15, 0.2) is 0 Å². The van der Waals surface area contributed by atoms with Gasteiger partial charge in [-0.3, -0.25) is 5.41 Å². The Hall–Kier alpha value is -3.06. The van der Waals surface area contributed by atoms with Crippen LogP contribution < -0.4 is 21.7 Å². The number of para-hydroxylation sites is 1. The third-order valence-electron chi connectivity index (χ3n) is 4.57. The van der Waals surface area contributed by atoms with Crippen LogP contribution in [0.1, 0.15) is 0 Å². The molecule has 0 spiro atoms. The van der Waals surface area contributed by atoms with E-state index in [2.05, 4.69) is 33.8 Å². The van der Waals surface area contributed by atoms with Gasteiger partial charge in [0.05, 0.1) is 33.1 Å². The molecule has 6 N–H and O–H groups in total. The topological polar surface area (TPSA) is 98.9 Å². The molecule has 0 aliphatic heterocycles. The van der Waals surface area contributed by atoms with Gasteiger partial charge in [-0.25, -0.2) is 4.98 Å². The highest BCUT2D eigenvalue weighted by Crippen LogP contribution is 2.33. The number of halogens is 2. The van der Waals surface area contributed by atoms with Crippen LogP contribution in [0.2, 0.25) is 10.0 Å². The normalized spacial score (nSPS) is 10.4. The van der Waals surface area contributed by atoms with Crippen LogP contribution in [-0.4, -0.2) is 31.5 Å². The fraction of sp³-hybridized carbons (Fsp3) is 0.130. The van der Waals surface area contributed by atoms with E-state index >= 15 is 0 Å². The van der Waals surface area contributed by atoms with Gasteiger partial charge in [0.1, 0.15) is 0 Å². The van der Waals surface area contributed by atoms with Crippen LogP contribution in [0, 0.1) is 5.41 Å². The van der Waals surface area contributed by atoms with Crippen molar-refractivity contribution in [3.05, 3.63) is 70.7 Å². The van der Waals surface area contributed by atoms with Gasteiger partial charge >= 0.3 is 0 Å². The lowest BCUT2D eigenvalue weighted by Gasteiger charge is -2.14. The Balaban J connectivity index is 0.000000858. The number of hydrogen-bond donors (Lipinski definition) is 5. The molecule has 0 aliphatic carbocycles. The minimum Gasteiger partial charge on any atom is -0.390 e. The Kier molecular flexibility index (Phi) is 7.89. The Morgan fingerprint density at radius 3 is 2.32 bits per heavy atom. The summed E-state index contributed by atoms with van der Waals surface area (Å²) in [6.45, 7) is 1.72. The first-order valence-corrected chi connectivity index (χ1v) is 10.5. The predicted octanol–water partition coefficient (Wildman–Crippen LogP) is 5.62. The van der Waals surface area contributed by atoms with Gasteiger partial charge < -0.3 is 21.7 Å². The summed E-state index contributed by atoms with van der Waals surface area (Å²) in [6.07, 6.45) is 0.750. The lowest BCUT2D eigenvalue weighted by Crippen LogP contribution is -2.18. The van der Waals surface area contributed by atoms with Crippen LogP contribution in [0.25, 0.3) is 21.8 Å². The molecule has 6 nitrogen and oxygen atoms in total. The average molecular weight is 455 g/mol. The summed E-state index contributed by atoms with van der Waals surface area (Å²) in [5.41, 5.74) is 9.21. The number of fused-ring (bicyclic) bond motifs is 2. The first-order valence-electron chi connectivity index (χ1n) is 9.71.